The summed E-state index contributed by atoms with van der Waals surface area (Å²) in [6.45, 7) is 0. The predicted molar refractivity (Wildman–Crippen MR) is 45.9 cm³/mol. The van der Waals surface area contributed by atoms with Crippen molar-refractivity contribution in [1.82, 2.24) is 15.0 Å². The second-order valence-electron chi connectivity index (χ2n) is 2.43. The molecule has 0 bridgehead atoms. The molecule has 0 atom stereocenters. The van der Waals surface area contributed by atoms with Crippen LogP contribution < -0.4 is 0 Å². The first-order valence-electron chi connectivity index (χ1n) is 3.41. The molecule has 2 heterocycles. The number of halogens is 1. The van der Waals surface area contributed by atoms with Gasteiger partial charge in [-0.15, -0.1) is 0 Å². The zero-order valence-electron chi connectivity index (χ0n) is 6.28. The fourth-order valence-corrected chi connectivity index (χ4v) is 1.14. The van der Waals surface area contributed by atoms with Crippen molar-refractivity contribution in [1.29, 1.82) is 0 Å². The predicted octanol–water partition coefficient (Wildman–Crippen LogP) is 1.31. The van der Waals surface area contributed by atoms with Crippen molar-refractivity contribution in [3.63, 3.8) is 0 Å². The fourth-order valence-electron chi connectivity index (χ4n) is 1.01. The Kier molecular flexibility index (Phi) is 1.66. The average Bonchev–Trinajstić information content (AvgIpc) is 2.46. The molecular weight excluding hydrogens is 194 g/mol. The van der Waals surface area contributed by atoms with Gasteiger partial charge in [0.2, 0.25) is 5.28 Å². The standard InChI is InChI=1S/C7H4ClN3O2/c8-7-9-2-3-1-4(6(12)13)10-5(3)11-7/h1-2H,(H,12,13)(H,9,10,11). The van der Waals surface area contributed by atoms with E-state index in [4.69, 9.17) is 16.7 Å². The van der Waals surface area contributed by atoms with Gasteiger partial charge in [0.25, 0.3) is 0 Å². The van der Waals surface area contributed by atoms with Gasteiger partial charge in [0.15, 0.2) is 0 Å². The third kappa shape index (κ3) is 1.33. The number of H-pyrrole nitrogens is 1. The zero-order chi connectivity index (χ0) is 9.42. The number of hydrogen-bond donors (Lipinski definition) is 2. The molecule has 2 aromatic heterocycles. The van der Waals surface area contributed by atoms with Crippen molar-refractivity contribution >= 4 is 28.6 Å². The largest absolute Gasteiger partial charge is 0.477 e. The van der Waals surface area contributed by atoms with Gasteiger partial charge in [0.1, 0.15) is 11.3 Å². The Balaban J connectivity index is 2.68. The molecular formula is C7H4ClN3O2. The minimum absolute atomic E-state index is 0.0755. The van der Waals surface area contributed by atoms with Crippen molar-refractivity contribution < 1.29 is 9.90 Å². The van der Waals surface area contributed by atoms with Gasteiger partial charge in [-0.3, -0.25) is 0 Å². The normalized spacial score (nSPS) is 10.5. The molecule has 0 aliphatic heterocycles. The van der Waals surface area contributed by atoms with Crippen molar-refractivity contribution in [3.8, 4) is 0 Å². The Morgan fingerprint density at radius 3 is 3.08 bits per heavy atom. The number of carbonyl (C=O) groups is 1. The first-order chi connectivity index (χ1) is 6.16. The summed E-state index contributed by atoms with van der Waals surface area (Å²) in [5, 5.41) is 9.36. The van der Waals surface area contributed by atoms with Gasteiger partial charge in [-0.25, -0.2) is 9.78 Å². The Hall–Kier alpha value is -1.62. The SMILES string of the molecule is O=C(O)c1cc2cnc(Cl)nc2[nH]1. The first kappa shape index (κ1) is 8.00. The molecule has 0 aliphatic rings. The Morgan fingerprint density at radius 1 is 1.62 bits per heavy atom. The first-order valence-corrected chi connectivity index (χ1v) is 3.79. The van der Waals surface area contributed by atoms with Gasteiger partial charge in [0, 0.05) is 11.6 Å². The summed E-state index contributed by atoms with van der Waals surface area (Å²) in [5.74, 6) is -1.03. The molecule has 0 saturated carbocycles. The van der Waals surface area contributed by atoms with Crippen LogP contribution in [0.2, 0.25) is 5.28 Å². The number of carboxylic acids is 1. The van der Waals surface area contributed by atoms with E-state index in [0.29, 0.717) is 11.0 Å². The lowest BCUT2D eigenvalue weighted by Gasteiger charge is -1.87. The number of fused-ring (bicyclic) bond motifs is 1. The molecule has 0 fully saturated rings. The maximum absolute atomic E-state index is 10.5. The highest BCUT2D eigenvalue weighted by Crippen LogP contribution is 2.13. The maximum atomic E-state index is 10.5. The lowest BCUT2D eigenvalue weighted by Crippen LogP contribution is -1.95. The van der Waals surface area contributed by atoms with E-state index >= 15 is 0 Å². The molecule has 2 N–H and O–H groups in total. The van der Waals surface area contributed by atoms with Crippen LogP contribution in [0.4, 0.5) is 0 Å². The highest BCUT2D eigenvalue weighted by atomic mass is 35.5. The van der Waals surface area contributed by atoms with Crippen LogP contribution in [0.25, 0.3) is 11.0 Å². The van der Waals surface area contributed by atoms with Gasteiger partial charge >= 0.3 is 5.97 Å². The monoisotopic (exact) mass is 197 g/mol. The number of aromatic amines is 1. The molecule has 0 saturated heterocycles. The van der Waals surface area contributed by atoms with Crippen molar-refractivity contribution in [2.24, 2.45) is 0 Å². The molecule has 5 nitrogen and oxygen atoms in total. The summed E-state index contributed by atoms with van der Waals surface area (Å²) >= 11 is 5.52. The third-order valence-electron chi connectivity index (χ3n) is 1.57. The van der Waals surface area contributed by atoms with Crippen LogP contribution in [0.1, 0.15) is 10.5 Å². The molecule has 0 spiro atoms. The van der Waals surface area contributed by atoms with E-state index in [0.717, 1.165) is 0 Å². The van der Waals surface area contributed by atoms with Gasteiger partial charge in [-0.2, -0.15) is 4.98 Å². The highest BCUT2D eigenvalue weighted by molar-refractivity contribution is 6.28. The van der Waals surface area contributed by atoms with E-state index in [1.165, 1.54) is 12.3 Å². The van der Waals surface area contributed by atoms with E-state index in [1.54, 1.807) is 0 Å². The zero-order valence-corrected chi connectivity index (χ0v) is 7.04. The number of aromatic carboxylic acids is 1. The van der Waals surface area contributed by atoms with Crippen LogP contribution >= 0.6 is 11.6 Å². The molecule has 0 aliphatic carbocycles. The van der Waals surface area contributed by atoms with Crippen LogP contribution in [0, 0.1) is 0 Å². The molecule has 0 amide bonds. The molecule has 6 heteroatoms. The summed E-state index contributed by atoms with van der Waals surface area (Å²) in [5.41, 5.74) is 0.504. The van der Waals surface area contributed by atoms with Gasteiger partial charge in [-0.05, 0) is 17.7 Å². The number of aromatic nitrogens is 3. The molecule has 0 unspecified atom stereocenters. The van der Waals surface area contributed by atoms with Crippen LogP contribution in [-0.2, 0) is 0 Å². The molecule has 2 rings (SSSR count). The van der Waals surface area contributed by atoms with E-state index < -0.39 is 5.97 Å². The Bertz CT molecular complexity index is 480. The lowest BCUT2D eigenvalue weighted by atomic mass is 10.4. The fraction of sp³-hybridized carbons (Fsp3) is 0. The third-order valence-corrected chi connectivity index (χ3v) is 1.75. The lowest BCUT2D eigenvalue weighted by molar-refractivity contribution is 0.0691. The van der Waals surface area contributed by atoms with Crippen molar-refractivity contribution in [2.45, 2.75) is 0 Å². The Morgan fingerprint density at radius 2 is 2.38 bits per heavy atom. The second-order valence-corrected chi connectivity index (χ2v) is 2.77. The average molecular weight is 198 g/mol. The van der Waals surface area contributed by atoms with Crippen molar-refractivity contribution in [3.05, 3.63) is 23.2 Å². The summed E-state index contributed by atoms with van der Waals surface area (Å²) in [6.07, 6.45) is 1.47. The minimum atomic E-state index is -1.03. The number of rotatable bonds is 1. The smallest absolute Gasteiger partial charge is 0.352 e. The quantitative estimate of drug-likeness (QED) is 0.676. The van der Waals surface area contributed by atoms with Gasteiger partial charge in [-0.1, -0.05) is 0 Å². The number of nitrogens with zero attached hydrogens (tertiary/aromatic N) is 2. The minimum Gasteiger partial charge on any atom is -0.477 e. The molecule has 2 aromatic rings. The Labute approximate surface area is 77.4 Å². The van der Waals surface area contributed by atoms with Gasteiger partial charge in [0.05, 0.1) is 0 Å². The van der Waals surface area contributed by atoms with Crippen LogP contribution in [0.5, 0.6) is 0 Å². The van der Waals surface area contributed by atoms with Crippen LogP contribution in [0.15, 0.2) is 12.3 Å². The summed E-state index contributed by atoms with van der Waals surface area (Å²) in [6, 6.07) is 1.45. The summed E-state index contributed by atoms with van der Waals surface area (Å²) in [7, 11) is 0. The van der Waals surface area contributed by atoms with Crippen LogP contribution in [0.3, 0.4) is 0 Å². The van der Waals surface area contributed by atoms with E-state index in [9.17, 15) is 4.79 Å². The number of hydrogen-bond acceptors (Lipinski definition) is 3. The molecule has 0 aromatic carbocycles. The topological polar surface area (TPSA) is 78.9 Å². The number of nitrogens with one attached hydrogen (secondary N) is 1. The van der Waals surface area contributed by atoms with E-state index in [2.05, 4.69) is 15.0 Å². The molecule has 13 heavy (non-hydrogen) atoms. The molecule has 66 valence electrons. The maximum Gasteiger partial charge on any atom is 0.352 e. The summed E-state index contributed by atoms with van der Waals surface area (Å²) in [4.78, 5) is 20.7. The van der Waals surface area contributed by atoms with E-state index in [1.807, 2.05) is 0 Å². The summed E-state index contributed by atoms with van der Waals surface area (Å²) < 4.78 is 0. The van der Waals surface area contributed by atoms with Gasteiger partial charge < -0.3 is 10.1 Å². The van der Waals surface area contributed by atoms with E-state index in [-0.39, 0.29) is 11.0 Å². The highest BCUT2D eigenvalue weighted by Gasteiger charge is 2.08. The second kappa shape index (κ2) is 2.70. The molecule has 0 radical (unpaired) electrons. The van der Waals surface area contributed by atoms with Crippen LogP contribution in [-0.4, -0.2) is 26.0 Å². The van der Waals surface area contributed by atoms with Crippen molar-refractivity contribution in [2.75, 3.05) is 0 Å². The number of carboxylic acid groups (broad SMARTS) is 1.